The highest BCUT2D eigenvalue weighted by atomic mass is 16.5. The van der Waals surface area contributed by atoms with Crippen LogP contribution in [0.4, 0.5) is 4.79 Å². The smallest absolute Gasteiger partial charge is 0.318 e. The van der Waals surface area contributed by atoms with Gasteiger partial charge < -0.3 is 24.5 Å². The largest absolute Gasteiger partial charge is 0.481 e. The van der Waals surface area contributed by atoms with E-state index in [-0.39, 0.29) is 25.6 Å². The monoisotopic (exact) mass is 283 g/mol. The van der Waals surface area contributed by atoms with Gasteiger partial charge in [-0.1, -0.05) is 0 Å². The quantitative estimate of drug-likeness (QED) is 0.827. The number of carbonyl (C=O) groups is 2. The Morgan fingerprint density at radius 2 is 2.40 bits per heavy atom. The van der Waals surface area contributed by atoms with Gasteiger partial charge in [0.05, 0.1) is 38.4 Å². The standard InChI is InChI=1S/C12H17N3O5/c1-8-5-13-10(20-8)6-14-12(18)15-2-3-19-7-9(15)4-11(16)17/h5,9H,2-4,6-7H2,1H3,(H,14,18)(H,16,17). The Morgan fingerprint density at radius 1 is 1.60 bits per heavy atom. The van der Waals surface area contributed by atoms with E-state index in [0.717, 1.165) is 0 Å². The van der Waals surface area contributed by atoms with Gasteiger partial charge in [-0.2, -0.15) is 0 Å². The number of morpholine rings is 1. The van der Waals surface area contributed by atoms with Crippen molar-refractivity contribution in [2.24, 2.45) is 0 Å². The Morgan fingerprint density at radius 3 is 3.05 bits per heavy atom. The lowest BCUT2D eigenvalue weighted by Gasteiger charge is -2.34. The maximum Gasteiger partial charge on any atom is 0.318 e. The van der Waals surface area contributed by atoms with Crippen molar-refractivity contribution in [1.82, 2.24) is 15.2 Å². The molecule has 8 nitrogen and oxygen atoms in total. The van der Waals surface area contributed by atoms with Crippen LogP contribution in [-0.4, -0.2) is 52.8 Å². The lowest BCUT2D eigenvalue weighted by Crippen LogP contribution is -2.53. The number of aryl methyl sites for hydroxylation is 1. The second-order valence-corrected chi connectivity index (χ2v) is 4.54. The average molecular weight is 283 g/mol. The fourth-order valence-electron chi connectivity index (χ4n) is 2.03. The van der Waals surface area contributed by atoms with E-state index in [9.17, 15) is 9.59 Å². The number of hydrogen-bond donors (Lipinski definition) is 2. The van der Waals surface area contributed by atoms with Crippen LogP contribution in [0, 0.1) is 6.92 Å². The third-order valence-corrected chi connectivity index (χ3v) is 2.96. The molecule has 1 aliphatic heterocycles. The number of oxazole rings is 1. The minimum Gasteiger partial charge on any atom is -0.481 e. The molecule has 0 aromatic carbocycles. The zero-order valence-electron chi connectivity index (χ0n) is 11.2. The second kappa shape index (κ2) is 6.38. The number of urea groups is 1. The van der Waals surface area contributed by atoms with Crippen LogP contribution in [0.15, 0.2) is 10.6 Å². The summed E-state index contributed by atoms with van der Waals surface area (Å²) < 4.78 is 10.5. The van der Waals surface area contributed by atoms with Crippen molar-refractivity contribution in [3.63, 3.8) is 0 Å². The first-order valence-electron chi connectivity index (χ1n) is 6.31. The number of hydrogen-bond acceptors (Lipinski definition) is 5. The number of amides is 2. The van der Waals surface area contributed by atoms with Gasteiger partial charge >= 0.3 is 12.0 Å². The molecule has 2 amide bonds. The number of ether oxygens (including phenoxy) is 1. The highest BCUT2D eigenvalue weighted by Gasteiger charge is 2.29. The third kappa shape index (κ3) is 3.70. The Kier molecular flexibility index (Phi) is 4.57. The topological polar surface area (TPSA) is 105 Å². The summed E-state index contributed by atoms with van der Waals surface area (Å²) in [5.74, 6) is 0.130. The SMILES string of the molecule is Cc1cnc(CNC(=O)N2CCOCC2CC(=O)O)o1. The van der Waals surface area contributed by atoms with Gasteiger partial charge in [-0.15, -0.1) is 0 Å². The summed E-state index contributed by atoms with van der Waals surface area (Å²) in [6, 6.07) is -0.789. The highest BCUT2D eigenvalue weighted by molar-refractivity contribution is 5.76. The van der Waals surface area contributed by atoms with E-state index >= 15 is 0 Å². The fraction of sp³-hybridized carbons (Fsp3) is 0.583. The molecule has 1 aromatic heterocycles. The van der Waals surface area contributed by atoms with E-state index in [2.05, 4.69) is 10.3 Å². The van der Waals surface area contributed by atoms with Gasteiger partial charge in [-0.3, -0.25) is 4.79 Å². The summed E-state index contributed by atoms with van der Waals surface area (Å²) in [4.78, 5) is 28.3. The van der Waals surface area contributed by atoms with E-state index in [0.29, 0.717) is 24.8 Å². The van der Waals surface area contributed by atoms with Gasteiger partial charge in [0.2, 0.25) is 5.89 Å². The average Bonchev–Trinajstić information content (AvgIpc) is 2.82. The van der Waals surface area contributed by atoms with Gasteiger partial charge in [0, 0.05) is 6.54 Å². The molecule has 2 N–H and O–H groups in total. The molecular weight excluding hydrogens is 266 g/mol. The molecule has 1 aromatic rings. The molecule has 0 bridgehead atoms. The molecule has 2 heterocycles. The number of nitrogens with one attached hydrogen (secondary N) is 1. The zero-order chi connectivity index (χ0) is 14.5. The summed E-state index contributed by atoms with van der Waals surface area (Å²) >= 11 is 0. The Bertz CT molecular complexity index is 487. The number of aromatic nitrogens is 1. The lowest BCUT2D eigenvalue weighted by molar-refractivity contribution is -0.139. The van der Waals surface area contributed by atoms with Crippen LogP contribution in [0.25, 0.3) is 0 Å². The van der Waals surface area contributed by atoms with Crippen molar-refractivity contribution < 1.29 is 23.8 Å². The van der Waals surface area contributed by atoms with Crippen LogP contribution >= 0.6 is 0 Å². The minimum absolute atomic E-state index is 0.133. The number of aliphatic carboxylic acids is 1. The molecule has 2 rings (SSSR count). The van der Waals surface area contributed by atoms with Gasteiger partial charge in [0.25, 0.3) is 0 Å². The zero-order valence-corrected chi connectivity index (χ0v) is 11.2. The maximum atomic E-state index is 12.1. The molecule has 0 saturated carbocycles. The van der Waals surface area contributed by atoms with Crippen LogP contribution in [0.3, 0.4) is 0 Å². The molecule has 110 valence electrons. The first kappa shape index (κ1) is 14.3. The molecule has 20 heavy (non-hydrogen) atoms. The summed E-state index contributed by atoms with van der Waals surface area (Å²) in [5.41, 5.74) is 0. The van der Waals surface area contributed by atoms with Crippen molar-refractivity contribution in [2.45, 2.75) is 25.9 Å². The van der Waals surface area contributed by atoms with Crippen molar-refractivity contribution >= 4 is 12.0 Å². The number of carboxylic acid groups (broad SMARTS) is 1. The highest BCUT2D eigenvalue weighted by Crippen LogP contribution is 2.11. The van der Waals surface area contributed by atoms with Crippen LogP contribution in [-0.2, 0) is 16.1 Å². The molecule has 1 saturated heterocycles. The van der Waals surface area contributed by atoms with Gasteiger partial charge in [0.15, 0.2) is 0 Å². The van der Waals surface area contributed by atoms with Crippen LogP contribution < -0.4 is 5.32 Å². The van der Waals surface area contributed by atoms with E-state index in [1.54, 1.807) is 13.1 Å². The summed E-state index contributed by atoms with van der Waals surface area (Å²) in [6.07, 6.45) is 1.44. The fourth-order valence-corrected chi connectivity index (χ4v) is 2.03. The minimum atomic E-state index is -0.957. The van der Waals surface area contributed by atoms with Crippen LogP contribution in [0.2, 0.25) is 0 Å². The van der Waals surface area contributed by atoms with E-state index < -0.39 is 12.0 Å². The molecule has 0 aliphatic carbocycles. The first-order chi connectivity index (χ1) is 9.56. The second-order valence-electron chi connectivity index (χ2n) is 4.54. The normalized spacial score (nSPS) is 18.9. The molecule has 1 aliphatic rings. The van der Waals surface area contributed by atoms with Gasteiger partial charge in [-0.05, 0) is 6.92 Å². The molecular formula is C12H17N3O5. The lowest BCUT2D eigenvalue weighted by atomic mass is 10.1. The Hall–Kier alpha value is -2.09. The van der Waals surface area contributed by atoms with Crippen molar-refractivity contribution in [3.05, 3.63) is 17.8 Å². The van der Waals surface area contributed by atoms with Crippen molar-refractivity contribution in [2.75, 3.05) is 19.8 Å². The predicted molar refractivity (Wildman–Crippen MR) is 67.0 cm³/mol. The number of rotatable bonds is 4. The van der Waals surface area contributed by atoms with Crippen LogP contribution in [0.5, 0.6) is 0 Å². The summed E-state index contributed by atoms with van der Waals surface area (Å²) in [7, 11) is 0. The Labute approximate surface area is 115 Å². The van der Waals surface area contributed by atoms with Gasteiger partial charge in [-0.25, -0.2) is 9.78 Å². The summed E-state index contributed by atoms with van der Waals surface area (Å²) in [6.45, 7) is 2.95. The van der Waals surface area contributed by atoms with E-state index in [1.165, 1.54) is 4.90 Å². The van der Waals surface area contributed by atoms with Crippen molar-refractivity contribution in [1.29, 1.82) is 0 Å². The predicted octanol–water partition coefficient (Wildman–Crippen LogP) is 0.368. The summed E-state index contributed by atoms with van der Waals surface area (Å²) in [5, 5.41) is 11.5. The first-order valence-corrected chi connectivity index (χ1v) is 6.31. The molecule has 0 spiro atoms. The van der Waals surface area contributed by atoms with E-state index in [1.807, 2.05) is 0 Å². The Balaban J connectivity index is 1.90. The van der Waals surface area contributed by atoms with E-state index in [4.69, 9.17) is 14.3 Å². The van der Waals surface area contributed by atoms with Crippen LogP contribution in [0.1, 0.15) is 18.1 Å². The number of carboxylic acids is 1. The molecule has 0 radical (unpaired) electrons. The maximum absolute atomic E-state index is 12.1. The number of carbonyl (C=O) groups excluding carboxylic acids is 1. The number of nitrogens with zero attached hydrogens (tertiary/aromatic N) is 2. The third-order valence-electron chi connectivity index (χ3n) is 2.96. The van der Waals surface area contributed by atoms with Gasteiger partial charge in [0.1, 0.15) is 5.76 Å². The molecule has 1 atom stereocenters. The van der Waals surface area contributed by atoms with Crippen molar-refractivity contribution in [3.8, 4) is 0 Å². The molecule has 8 heteroatoms. The molecule has 1 fully saturated rings. The molecule has 1 unspecified atom stereocenters.